The van der Waals surface area contributed by atoms with Gasteiger partial charge in [-0.2, -0.15) is 4.57 Å². The Morgan fingerprint density at radius 2 is 1.83 bits per heavy atom. The highest BCUT2D eigenvalue weighted by molar-refractivity contribution is 6.63. The predicted octanol–water partition coefficient (Wildman–Crippen LogP) is 2.64. The summed E-state index contributed by atoms with van der Waals surface area (Å²) in [4.78, 5) is 22.6. The van der Waals surface area contributed by atoms with Crippen LogP contribution in [-0.4, -0.2) is 15.1 Å². The summed E-state index contributed by atoms with van der Waals surface area (Å²) in [6, 6.07) is 3.87. The molecule has 0 aliphatic heterocycles. The number of nitrogens with zero attached hydrogens (tertiary/aromatic N) is 2. The summed E-state index contributed by atoms with van der Waals surface area (Å²) >= 11 is 5.36. The van der Waals surface area contributed by atoms with Gasteiger partial charge in [-0.25, -0.2) is 4.79 Å². The van der Waals surface area contributed by atoms with E-state index in [9.17, 15) is 9.59 Å². The maximum atomic E-state index is 11.4. The van der Waals surface area contributed by atoms with Crippen molar-refractivity contribution in [3.63, 3.8) is 0 Å². The van der Waals surface area contributed by atoms with Crippen molar-refractivity contribution in [2.45, 2.75) is 20.8 Å². The van der Waals surface area contributed by atoms with Crippen molar-refractivity contribution < 1.29 is 9.32 Å². The number of hydrogen-bond donors (Lipinski definition) is 0. The van der Waals surface area contributed by atoms with E-state index < -0.39 is 11.1 Å². The fourth-order valence-corrected chi connectivity index (χ4v) is 2.24. The van der Waals surface area contributed by atoms with Gasteiger partial charge in [0.15, 0.2) is 5.82 Å². The van der Waals surface area contributed by atoms with Crippen LogP contribution in [0.1, 0.15) is 16.7 Å². The molecule has 1 aromatic carbocycles. The number of carbonyl (C=O) groups excluding carboxylic acids is 1. The quantitative estimate of drug-likeness (QED) is 0.744. The second-order valence-electron chi connectivity index (χ2n) is 4.13. The molecule has 0 N–H and O–H groups in total. The van der Waals surface area contributed by atoms with Crippen LogP contribution in [0.3, 0.4) is 0 Å². The first-order chi connectivity index (χ1) is 8.41. The Balaban J connectivity index is 2.78. The maximum Gasteiger partial charge on any atom is 0.449 e. The van der Waals surface area contributed by atoms with Gasteiger partial charge in [-0.15, -0.1) is 0 Å². The molecule has 18 heavy (non-hydrogen) atoms. The zero-order chi connectivity index (χ0) is 13.4. The average Bonchev–Trinajstić information content (AvgIpc) is 2.58. The maximum absolute atomic E-state index is 11.4. The number of aryl methyl sites for hydroxylation is 3. The Morgan fingerprint density at radius 1 is 1.28 bits per heavy atom. The first kappa shape index (κ1) is 12.6. The molecule has 0 radical (unpaired) electrons. The van der Waals surface area contributed by atoms with Crippen LogP contribution < -0.4 is 5.76 Å². The minimum absolute atomic E-state index is 0.134. The second kappa shape index (κ2) is 4.42. The molecule has 0 unspecified atom stereocenters. The number of carbonyl (C=O) groups is 1. The van der Waals surface area contributed by atoms with Crippen molar-refractivity contribution >= 4 is 17.0 Å². The van der Waals surface area contributed by atoms with Gasteiger partial charge < -0.3 is 0 Å². The van der Waals surface area contributed by atoms with Gasteiger partial charge in [0.2, 0.25) is 0 Å². The number of halogens is 1. The van der Waals surface area contributed by atoms with Crippen molar-refractivity contribution in [3.05, 3.63) is 39.4 Å². The number of benzene rings is 1. The molecule has 0 aliphatic rings. The lowest BCUT2D eigenvalue weighted by Gasteiger charge is -2.09. The van der Waals surface area contributed by atoms with Crippen LogP contribution in [0.4, 0.5) is 4.79 Å². The van der Waals surface area contributed by atoms with E-state index in [2.05, 4.69) is 9.68 Å². The lowest BCUT2D eigenvalue weighted by molar-refractivity contribution is 0.259. The Labute approximate surface area is 108 Å². The minimum Gasteiger partial charge on any atom is -0.295 e. The number of aromatic nitrogens is 2. The van der Waals surface area contributed by atoms with Crippen LogP contribution in [0, 0.1) is 20.8 Å². The topological polar surface area (TPSA) is 65.1 Å². The molecule has 2 aromatic rings. The fourth-order valence-electron chi connectivity index (χ4n) is 2.10. The Hall–Kier alpha value is -1.88. The van der Waals surface area contributed by atoms with Crippen LogP contribution in [0.2, 0.25) is 0 Å². The first-order valence-electron chi connectivity index (χ1n) is 5.28. The first-order valence-corrected chi connectivity index (χ1v) is 5.66. The highest BCUT2D eigenvalue weighted by Gasteiger charge is 2.20. The van der Waals surface area contributed by atoms with E-state index in [-0.39, 0.29) is 5.82 Å². The molecule has 0 amide bonds. The van der Waals surface area contributed by atoms with Gasteiger partial charge in [0.1, 0.15) is 0 Å². The van der Waals surface area contributed by atoms with E-state index in [1.807, 2.05) is 32.9 Å². The predicted molar refractivity (Wildman–Crippen MR) is 67.1 cm³/mol. The van der Waals surface area contributed by atoms with Crippen molar-refractivity contribution in [2.24, 2.45) is 0 Å². The van der Waals surface area contributed by atoms with Gasteiger partial charge in [0.25, 0.3) is 0 Å². The standard InChI is InChI=1S/C12H11ClN2O3/c1-6-4-7(2)9(8(3)5-6)10-14-18-12(17)15(10)11(13)16/h4-5H,1-3H3. The van der Waals surface area contributed by atoms with E-state index in [0.717, 1.165) is 16.7 Å². The summed E-state index contributed by atoms with van der Waals surface area (Å²) in [6.45, 7) is 5.71. The van der Waals surface area contributed by atoms with Gasteiger partial charge >= 0.3 is 11.1 Å². The monoisotopic (exact) mass is 266 g/mol. The molecule has 0 saturated heterocycles. The van der Waals surface area contributed by atoms with Crippen molar-refractivity contribution in [1.29, 1.82) is 0 Å². The van der Waals surface area contributed by atoms with Crippen LogP contribution >= 0.6 is 11.6 Å². The van der Waals surface area contributed by atoms with Gasteiger partial charge in [0.05, 0.1) is 0 Å². The van der Waals surface area contributed by atoms with Gasteiger partial charge in [-0.05, 0) is 43.5 Å². The van der Waals surface area contributed by atoms with E-state index in [1.165, 1.54) is 0 Å². The number of hydrogen-bond acceptors (Lipinski definition) is 4. The third-order valence-corrected chi connectivity index (χ3v) is 2.85. The second-order valence-corrected chi connectivity index (χ2v) is 4.46. The highest BCUT2D eigenvalue weighted by atomic mass is 35.5. The molecular weight excluding hydrogens is 256 g/mol. The molecule has 5 nitrogen and oxygen atoms in total. The van der Waals surface area contributed by atoms with E-state index in [1.54, 1.807) is 0 Å². The molecule has 0 aliphatic carbocycles. The van der Waals surface area contributed by atoms with E-state index in [4.69, 9.17) is 11.6 Å². The molecule has 1 aromatic heterocycles. The van der Waals surface area contributed by atoms with Crippen LogP contribution in [-0.2, 0) is 0 Å². The molecule has 2 rings (SSSR count). The fraction of sp³-hybridized carbons (Fsp3) is 0.250. The molecule has 6 heteroatoms. The van der Waals surface area contributed by atoms with E-state index in [0.29, 0.717) is 10.1 Å². The van der Waals surface area contributed by atoms with Gasteiger partial charge in [-0.3, -0.25) is 9.32 Å². The molecular formula is C12H11ClN2O3. The summed E-state index contributed by atoms with van der Waals surface area (Å²) in [5, 5.41) is 2.69. The van der Waals surface area contributed by atoms with Crippen LogP contribution in [0.25, 0.3) is 11.4 Å². The van der Waals surface area contributed by atoms with Gasteiger partial charge in [0, 0.05) is 5.56 Å². The van der Waals surface area contributed by atoms with Crippen molar-refractivity contribution in [1.82, 2.24) is 9.72 Å². The largest absolute Gasteiger partial charge is 0.449 e. The average molecular weight is 267 g/mol. The number of rotatable bonds is 1. The molecule has 0 atom stereocenters. The Bertz CT molecular complexity index is 662. The SMILES string of the molecule is Cc1cc(C)c(-c2noc(=O)n2C(=O)Cl)c(C)c1. The minimum atomic E-state index is -0.935. The Morgan fingerprint density at radius 3 is 2.33 bits per heavy atom. The molecule has 94 valence electrons. The third kappa shape index (κ3) is 1.97. The van der Waals surface area contributed by atoms with Crippen LogP contribution in [0.15, 0.2) is 21.5 Å². The molecule has 0 bridgehead atoms. The normalized spacial score (nSPS) is 10.7. The Kier molecular flexibility index (Phi) is 3.09. The summed E-state index contributed by atoms with van der Waals surface area (Å²) in [5.74, 6) is -0.751. The van der Waals surface area contributed by atoms with E-state index >= 15 is 0 Å². The third-order valence-electron chi connectivity index (χ3n) is 2.68. The molecule has 1 heterocycles. The van der Waals surface area contributed by atoms with Crippen molar-refractivity contribution in [3.8, 4) is 11.4 Å². The highest BCUT2D eigenvalue weighted by Crippen LogP contribution is 2.26. The summed E-state index contributed by atoms with van der Waals surface area (Å²) < 4.78 is 5.22. The smallest absolute Gasteiger partial charge is 0.295 e. The molecule has 0 fully saturated rings. The van der Waals surface area contributed by atoms with Crippen molar-refractivity contribution in [2.75, 3.05) is 0 Å². The summed E-state index contributed by atoms with van der Waals surface area (Å²) in [6.07, 6.45) is 0. The van der Waals surface area contributed by atoms with Crippen LogP contribution in [0.5, 0.6) is 0 Å². The van der Waals surface area contributed by atoms with Gasteiger partial charge in [-0.1, -0.05) is 22.9 Å². The zero-order valence-corrected chi connectivity index (χ0v) is 10.9. The molecule has 0 spiro atoms. The lowest BCUT2D eigenvalue weighted by atomic mass is 9.99. The molecule has 0 saturated carbocycles. The summed E-state index contributed by atoms with van der Waals surface area (Å²) in [7, 11) is 0. The summed E-state index contributed by atoms with van der Waals surface area (Å²) in [5.41, 5.74) is 3.56. The zero-order valence-electron chi connectivity index (χ0n) is 10.2. The lowest BCUT2D eigenvalue weighted by Crippen LogP contribution is -2.19.